The SMILES string of the molecule is Nc1ccc(-c2cc(-c3cccs3)sc2-c2cccs2)cc1. The molecule has 0 aliphatic rings. The average molecular weight is 340 g/mol. The molecule has 0 bridgehead atoms. The lowest BCUT2D eigenvalue weighted by Gasteiger charge is -2.02. The third kappa shape index (κ3) is 2.50. The minimum atomic E-state index is 0.801. The van der Waals surface area contributed by atoms with E-state index in [1.807, 2.05) is 23.5 Å². The Morgan fingerprint density at radius 2 is 1.41 bits per heavy atom. The molecule has 1 aromatic carbocycles. The van der Waals surface area contributed by atoms with Crippen LogP contribution in [0, 0.1) is 0 Å². The van der Waals surface area contributed by atoms with Crippen LogP contribution in [0.2, 0.25) is 0 Å². The van der Waals surface area contributed by atoms with Crippen molar-refractivity contribution in [2.45, 2.75) is 0 Å². The molecule has 108 valence electrons. The lowest BCUT2D eigenvalue weighted by atomic mass is 10.0. The van der Waals surface area contributed by atoms with Gasteiger partial charge in [0.2, 0.25) is 0 Å². The number of benzene rings is 1. The van der Waals surface area contributed by atoms with Gasteiger partial charge in [-0.1, -0.05) is 24.3 Å². The van der Waals surface area contributed by atoms with E-state index < -0.39 is 0 Å². The summed E-state index contributed by atoms with van der Waals surface area (Å²) < 4.78 is 0. The van der Waals surface area contributed by atoms with Gasteiger partial charge in [-0.2, -0.15) is 0 Å². The monoisotopic (exact) mass is 339 g/mol. The Kier molecular flexibility index (Phi) is 3.58. The van der Waals surface area contributed by atoms with E-state index in [1.165, 1.54) is 30.6 Å². The summed E-state index contributed by atoms with van der Waals surface area (Å²) in [5.41, 5.74) is 9.13. The lowest BCUT2D eigenvalue weighted by Crippen LogP contribution is -1.83. The second-order valence-electron chi connectivity index (χ2n) is 4.93. The van der Waals surface area contributed by atoms with Gasteiger partial charge in [0, 0.05) is 25.9 Å². The van der Waals surface area contributed by atoms with Gasteiger partial charge < -0.3 is 5.73 Å². The van der Waals surface area contributed by atoms with E-state index in [2.05, 4.69) is 53.2 Å². The highest BCUT2D eigenvalue weighted by Gasteiger charge is 2.15. The highest BCUT2D eigenvalue weighted by atomic mass is 32.1. The molecule has 22 heavy (non-hydrogen) atoms. The van der Waals surface area contributed by atoms with Gasteiger partial charge >= 0.3 is 0 Å². The normalized spacial score (nSPS) is 10.9. The molecule has 0 spiro atoms. The highest BCUT2D eigenvalue weighted by Crippen LogP contribution is 2.45. The summed E-state index contributed by atoms with van der Waals surface area (Å²) >= 11 is 5.44. The fourth-order valence-corrected chi connectivity index (χ4v) is 5.27. The van der Waals surface area contributed by atoms with Gasteiger partial charge in [-0.15, -0.1) is 34.0 Å². The molecule has 3 aromatic heterocycles. The van der Waals surface area contributed by atoms with Gasteiger partial charge in [-0.25, -0.2) is 0 Å². The van der Waals surface area contributed by atoms with Crippen molar-refractivity contribution in [3.63, 3.8) is 0 Å². The summed E-state index contributed by atoms with van der Waals surface area (Å²) in [4.78, 5) is 5.30. The van der Waals surface area contributed by atoms with Crippen LogP contribution in [0.3, 0.4) is 0 Å². The first-order valence-corrected chi connectivity index (χ1v) is 9.46. The second kappa shape index (κ2) is 5.72. The number of rotatable bonds is 3. The van der Waals surface area contributed by atoms with E-state index in [1.54, 1.807) is 22.7 Å². The number of hydrogen-bond donors (Lipinski definition) is 1. The smallest absolute Gasteiger partial charge is 0.0527 e. The third-order valence-corrected chi connectivity index (χ3v) is 6.71. The summed E-state index contributed by atoms with van der Waals surface area (Å²) in [5.74, 6) is 0. The molecule has 0 unspecified atom stereocenters. The lowest BCUT2D eigenvalue weighted by molar-refractivity contribution is 1.66. The summed E-state index contributed by atoms with van der Waals surface area (Å²) in [6, 6.07) is 19.0. The van der Waals surface area contributed by atoms with E-state index in [0.29, 0.717) is 0 Å². The first-order valence-electron chi connectivity index (χ1n) is 6.89. The van der Waals surface area contributed by atoms with Crippen LogP contribution in [0.5, 0.6) is 0 Å². The molecule has 0 atom stereocenters. The van der Waals surface area contributed by atoms with Gasteiger partial charge in [0.25, 0.3) is 0 Å². The fourth-order valence-electron chi connectivity index (χ4n) is 2.40. The number of anilines is 1. The van der Waals surface area contributed by atoms with E-state index in [9.17, 15) is 0 Å². The molecular formula is C18H13NS3. The molecule has 0 amide bonds. The standard InChI is InChI=1S/C18H13NS3/c19-13-7-5-12(6-8-13)14-11-17(15-3-1-9-20-15)22-18(14)16-4-2-10-21-16/h1-11H,19H2. The molecule has 0 saturated carbocycles. The predicted octanol–water partition coefficient (Wildman–Crippen LogP) is 6.45. The summed E-state index contributed by atoms with van der Waals surface area (Å²) in [7, 11) is 0. The maximum absolute atomic E-state index is 5.83. The highest BCUT2D eigenvalue weighted by molar-refractivity contribution is 7.26. The molecule has 0 radical (unpaired) electrons. The van der Waals surface area contributed by atoms with Crippen molar-refractivity contribution in [3.05, 3.63) is 65.4 Å². The molecule has 4 rings (SSSR count). The van der Waals surface area contributed by atoms with Crippen molar-refractivity contribution in [1.82, 2.24) is 0 Å². The molecule has 1 nitrogen and oxygen atoms in total. The van der Waals surface area contributed by atoms with Crippen molar-refractivity contribution in [3.8, 4) is 30.6 Å². The maximum atomic E-state index is 5.83. The van der Waals surface area contributed by atoms with Crippen molar-refractivity contribution in [2.75, 3.05) is 5.73 Å². The fraction of sp³-hybridized carbons (Fsp3) is 0. The van der Waals surface area contributed by atoms with E-state index >= 15 is 0 Å². The van der Waals surface area contributed by atoms with Crippen molar-refractivity contribution >= 4 is 39.7 Å². The number of hydrogen-bond acceptors (Lipinski definition) is 4. The molecule has 2 N–H and O–H groups in total. The zero-order valence-corrected chi connectivity index (χ0v) is 14.1. The second-order valence-corrected chi connectivity index (χ2v) is 7.88. The Labute approximate surface area is 141 Å². The van der Waals surface area contributed by atoms with Crippen LogP contribution in [-0.4, -0.2) is 0 Å². The van der Waals surface area contributed by atoms with E-state index in [0.717, 1.165) is 5.69 Å². The maximum Gasteiger partial charge on any atom is 0.0527 e. The van der Waals surface area contributed by atoms with Crippen LogP contribution < -0.4 is 5.73 Å². The van der Waals surface area contributed by atoms with Gasteiger partial charge in [0.1, 0.15) is 0 Å². The van der Waals surface area contributed by atoms with E-state index in [4.69, 9.17) is 5.73 Å². The Balaban J connectivity index is 1.90. The Morgan fingerprint density at radius 1 is 0.727 bits per heavy atom. The van der Waals surface area contributed by atoms with Crippen LogP contribution in [0.15, 0.2) is 65.4 Å². The molecule has 3 heterocycles. The minimum Gasteiger partial charge on any atom is -0.399 e. The summed E-state index contributed by atoms with van der Waals surface area (Å²) in [5, 5.41) is 4.26. The number of nitrogen functional groups attached to an aromatic ring is 1. The number of nitrogens with two attached hydrogens (primary N) is 1. The molecule has 0 aliphatic carbocycles. The van der Waals surface area contributed by atoms with Crippen LogP contribution in [0.25, 0.3) is 30.6 Å². The number of thiophene rings is 3. The third-order valence-electron chi connectivity index (χ3n) is 3.46. The van der Waals surface area contributed by atoms with Crippen LogP contribution >= 0.6 is 34.0 Å². The summed E-state index contributed by atoms with van der Waals surface area (Å²) in [6.07, 6.45) is 0. The Bertz CT molecular complexity index is 869. The topological polar surface area (TPSA) is 26.0 Å². The quantitative estimate of drug-likeness (QED) is 0.426. The van der Waals surface area contributed by atoms with Gasteiger partial charge in [0.05, 0.1) is 4.88 Å². The van der Waals surface area contributed by atoms with Crippen molar-refractivity contribution in [2.24, 2.45) is 0 Å². The first kappa shape index (κ1) is 13.8. The zero-order valence-electron chi connectivity index (χ0n) is 11.7. The van der Waals surface area contributed by atoms with Crippen molar-refractivity contribution in [1.29, 1.82) is 0 Å². The molecule has 0 saturated heterocycles. The Morgan fingerprint density at radius 3 is 2.05 bits per heavy atom. The molecular weight excluding hydrogens is 326 g/mol. The first-order chi connectivity index (χ1) is 10.8. The Hall–Kier alpha value is -1.88. The van der Waals surface area contributed by atoms with E-state index in [-0.39, 0.29) is 0 Å². The van der Waals surface area contributed by atoms with Gasteiger partial charge in [-0.3, -0.25) is 0 Å². The average Bonchev–Trinajstić information content (AvgIpc) is 3.27. The largest absolute Gasteiger partial charge is 0.399 e. The van der Waals surface area contributed by atoms with Crippen LogP contribution in [-0.2, 0) is 0 Å². The minimum absolute atomic E-state index is 0.801. The molecule has 4 heteroatoms. The predicted molar refractivity (Wildman–Crippen MR) is 101 cm³/mol. The van der Waals surface area contributed by atoms with Gasteiger partial charge in [0.15, 0.2) is 0 Å². The van der Waals surface area contributed by atoms with Crippen molar-refractivity contribution < 1.29 is 0 Å². The van der Waals surface area contributed by atoms with Crippen LogP contribution in [0.1, 0.15) is 0 Å². The molecule has 0 aliphatic heterocycles. The zero-order chi connectivity index (χ0) is 14.9. The molecule has 4 aromatic rings. The van der Waals surface area contributed by atoms with Crippen LogP contribution in [0.4, 0.5) is 5.69 Å². The molecule has 0 fully saturated rings. The van der Waals surface area contributed by atoms with Gasteiger partial charge in [-0.05, 0) is 46.7 Å². The summed E-state index contributed by atoms with van der Waals surface area (Å²) in [6.45, 7) is 0.